The number of benzene rings is 3. The van der Waals surface area contributed by atoms with Crippen LogP contribution in [0.2, 0.25) is 5.76 Å². The minimum atomic E-state index is -2.41. The molecule has 3 aromatic rings. The number of hydrogen-bond acceptors (Lipinski definition) is 0. The van der Waals surface area contributed by atoms with Gasteiger partial charge in [0.15, 0.2) is 0 Å². The minimum absolute atomic E-state index is 0. The van der Waals surface area contributed by atoms with Gasteiger partial charge in [-0.25, -0.2) is 0 Å². The molecular weight excluding hydrogens is 669 g/mol. The quantitative estimate of drug-likeness (QED) is 0.359. The van der Waals surface area contributed by atoms with E-state index in [1.807, 2.05) is 24.3 Å². The van der Waals surface area contributed by atoms with E-state index < -0.39 is 28.6 Å². The maximum Gasteiger partial charge on any atom is -1.00 e. The Labute approximate surface area is 252 Å². The van der Waals surface area contributed by atoms with Crippen molar-refractivity contribution in [2.24, 2.45) is 11.8 Å². The molecule has 2 aliphatic rings. The molecule has 0 saturated heterocycles. The maximum atomic E-state index is 14.2. The fourth-order valence-corrected chi connectivity index (χ4v) is 42.1. The van der Waals surface area contributed by atoms with E-state index in [0.29, 0.717) is 11.8 Å². The van der Waals surface area contributed by atoms with Crippen molar-refractivity contribution in [3.8, 4) is 0 Å². The van der Waals surface area contributed by atoms with Crippen molar-refractivity contribution in [1.82, 2.24) is 0 Å². The van der Waals surface area contributed by atoms with E-state index in [-0.39, 0.29) is 36.4 Å². The molecule has 6 heteroatoms. The molecule has 5 rings (SSSR count). The average Bonchev–Trinajstić information content (AvgIpc) is 3.35. The van der Waals surface area contributed by atoms with E-state index in [9.17, 15) is 8.78 Å². The Hall–Kier alpha value is -1.51. The van der Waals surface area contributed by atoms with Crippen LogP contribution in [-0.2, 0) is 18.6 Å². The molecule has 2 aliphatic carbocycles. The van der Waals surface area contributed by atoms with Crippen molar-refractivity contribution in [1.29, 1.82) is 0 Å². The summed E-state index contributed by atoms with van der Waals surface area (Å²) in [7, 11) is -1.68. The zero-order chi connectivity index (χ0) is 26.3. The molecule has 0 N–H and O–H groups in total. The molecule has 2 unspecified atom stereocenters. The third kappa shape index (κ3) is 6.38. The van der Waals surface area contributed by atoms with Gasteiger partial charge in [0.2, 0.25) is 0 Å². The van der Waals surface area contributed by atoms with Crippen LogP contribution in [-0.4, -0.2) is 9.98 Å². The predicted molar refractivity (Wildman–Crippen MR) is 150 cm³/mol. The molecule has 0 amide bonds. The summed E-state index contributed by atoms with van der Waals surface area (Å²) < 4.78 is 33.2. The molecule has 0 spiro atoms. The van der Waals surface area contributed by atoms with Crippen molar-refractivity contribution in [2.45, 2.75) is 33.5 Å². The Balaban J connectivity index is 0.00000210. The third-order valence-electron chi connectivity index (χ3n) is 7.75. The van der Waals surface area contributed by atoms with Crippen LogP contribution in [0, 0.1) is 23.5 Å². The van der Waals surface area contributed by atoms with E-state index in [0.717, 1.165) is 11.1 Å². The monoisotopic (exact) mass is 700 g/mol. The Bertz CT molecular complexity index is 1460. The molecule has 0 aromatic heterocycles. The molecule has 2 atom stereocenters. The normalized spacial score (nSPS) is 18.1. The molecule has 200 valence electrons. The first-order valence-corrected chi connectivity index (χ1v) is 25.9. The Morgan fingerprint density at radius 1 is 0.641 bits per heavy atom. The summed E-state index contributed by atoms with van der Waals surface area (Å²) in [4.78, 5) is 0. The molecular formula is C33H32Cl2F2GeZr. The standard InChI is InChI=1S/2C13H12F.C7H8Ge.2ClH.Zr/c2*1-9-6-10(2)13(7-9)11-4-3-5-12(14)8-11;1-8-7-5-3-2-4-6-7;;;/h2*3-5,7-9H,1-2H3;2-6H,1H3;2*1H;/q;;;;;+2/p-2. The van der Waals surface area contributed by atoms with Crippen LogP contribution in [0.1, 0.15) is 38.8 Å². The zero-order valence-corrected chi connectivity index (χ0v) is 28.9. The topological polar surface area (TPSA) is 0 Å². The molecule has 0 aliphatic heterocycles. The van der Waals surface area contributed by atoms with Gasteiger partial charge in [0.25, 0.3) is 0 Å². The summed E-state index contributed by atoms with van der Waals surface area (Å²) in [6, 6.07) is 25.2. The average molecular weight is 701 g/mol. The zero-order valence-electron chi connectivity index (χ0n) is 22.8. The number of halogens is 4. The van der Waals surface area contributed by atoms with Crippen LogP contribution in [0.25, 0.3) is 11.1 Å². The summed E-state index contributed by atoms with van der Waals surface area (Å²) in [6.07, 6.45) is 4.74. The molecule has 0 saturated carbocycles. The van der Waals surface area contributed by atoms with Gasteiger partial charge in [0, 0.05) is 0 Å². The Morgan fingerprint density at radius 2 is 1.08 bits per heavy atom. The van der Waals surface area contributed by atoms with Gasteiger partial charge in [-0.2, -0.15) is 0 Å². The van der Waals surface area contributed by atoms with Crippen LogP contribution in [0.3, 0.4) is 0 Å². The molecule has 3 aromatic carbocycles. The van der Waals surface area contributed by atoms with Crippen molar-refractivity contribution < 1.29 is 52.2 Å². The van der Waals surface area contributed by atoms with Gasteiger partial charge in [-0.3, -0.25) is 0 Å². The SMILES string of the molecule is CC1=[C]([Zr+2]([C]2=C(C)C(c3cccc(F)c3)=CC2C)=[Ge]([CH3])[c]2ccccc2)C(C)C=C1c1cccc(F)c1.[Cl-].[Cl-]. The van der Waals surface area contributed by atoms with E-state index >= 15 is 0 Å². The Kier molecular flexibility index (Phi) is 11.0. The predicted octanol–water partition coefficient (Wildman–Crippen LogP) is 2.43. The summed E-state index contributed by atoms with van der Waals surface area (Å²) in [6.45, 7) is 9.20. The van der Waals surface area contributed by atoms with E-state index in [4.69, 9.17) is 0 Å². The smallest absolute Gasteiger partial charge is 1.00 e. The number of rotatable bonds is 5. The van der Waals surface area contributed by atoms with Gasteiger partial charge in [-0.1, -0.05) is 0 Å². The largest absolute Gasteiger partial charge is 1.00 e. The first-order chi connectivity index (χ1) is 17.8. The van der Waals surface area contributed by atoms with Gasteiger partial charge >= 0.3 is 230 Å². The summed E-state index contributed by atoms with van der Waals surface area (Å²) in [5, 5.41) is 0. The fourth-order valence-electron chi connectivity index (χ4n) is 6.04. The molecule has 39 heavy (non-hydrogen) atoms. The van der Waals surface area contributed by atoms with Crippen molar-refractivity contribution in [2.75, 3.05) is 0 Å². The van der Waals surface area contributed by atoms with Gasteiger partial charge in [0.1, 0.15) is 0 Å². The van der Waals surface area contributed by atoms with Gasteiger partial charge < -0.3 is 24.8 Å². The molecule has 0 radical (unpaired) electrons. The van der Waals surface area contributed by atoms with Crippen molar-refractivity contribution in [3.63, 3.8) is 0 Å². The molecule has 0 heterocycles. The van der Waals surface area contributed by atoms with Crippen LogP contribution in [0.5, 0.6) is 0 Å². The van der Waals surface area contributed by atoms with E-state index in [2.05, 4.69) is 75.9 Å². The van der Waals surface area contributed by atoms with Crippen molar-refractivity contribution in [3.05, 3.63) is 131 Å². The summed E-state index contributed by atoms with van der Waals surface area (Å²) in [5.41, 5.74) is 7.07. The maximum absolute atomic E-state index is 14.2. The second-order valence-corrected chi connectivity index (χ2v) is 34.3. The number of allylic oxidation sites excluding steroid dienone is 8. The van der Waals surface area contributed by atoms with Crippen LogP contribution in [0.4, 0.5) is 8.78 Å². The summed E-state index contributed by atoms with van der Waals surface area (Å²) in [5.74, 6) is 2.90. The third-order valence-corrected chi connectivity index (χ3v) is 38.5. The first-order valence-electron chi connectivity index (χ1n) is 12.9. The van der Waals surface area contributed by atoms with Gasteiger partial charge in [0.05, 0.1) is 0 Å². The molecule has 0 fully saturated rings. The second-order valence-electron chi connectivity index (χ2n) is 10.2. The molecule has 0 nitrogen and oxygen atoms in total. The Morgan fingerprint density at radius 3 is 1.49 bits per heavy atom. The molecule has 0 bridgehead atoms. The second kappa shape index (κ2) is 13.4. The van der Waals surface area contributed by atoms with Gasteiger partial charge in [-0.05, 0) is 0 Å². The van der Waals surface area contributed by atoms with Crippen LogP contribution in [0.15, 0.2) is 109 Å². The van der Waals surface area contributed by atoms with Gasteiger partial charge in [-0.15, -0.1) is 0 Å². The fraction of sp³-hybridized carbons (Fsp3) is 0.212. The van der Waals surface area contributed by atoms with E-state index in [1.165, 1.54) is 34.4 Å². The summed E-state index contributed by atoms with van der Waals surface area (Å²) >= 11 is -2.41. The van der Waals surface area contributed by atoms with Crippen LogP contribution >= 0.6 is 0 Å². The van der Waals surface area contributed by atoms with Crippen LogP contribution < -0.4 is 29.2 Å². The first kappa shape index (κ1) is 32.0. The minimum Gasteiger partial charge on any atom is -1.00 e. The van der Waals surface area contributed by atoms with E-state index in [1.54, 1.807) is 23.1 Å². The van der Waals surface area contributed by atoms with Crippen molar-refractivity contribution >= 4 is 25.5 Å². The number of hydrogen-bond donors (Lipinski definition) is 0.